The van der Waals surface area contributed by atoms with Crippen LogP contribution in [-0.2, 0) is 0 Å². The molecule has 1 atom stereocenters. The Bertz CT molecular complexity index is 391. The maximum Gasteiger partial charge on any atom is 0.155 e. The molecule has 0 amide bonds. The van der Waals surface area contributed by atoms with Gasteiger partial charge in [-0.2, -0.15) is 0 Å². The summed E-state index contributed by atoms with van der Waals surface area (Å²) in [7, 11) is 0. The van der Waals surface area contributed by atoms with Crippen molar-refractivity contribution in [3.8, 4) is 0 Å². The van der Waals surface area contributed by atoms with Crippen LogP contribution >= 0.6 is 0 Å². The molecule has 2 heterocycles. The lowest BCUT2D eigenvalue weighted by atomic mass is 9.99. The zero-order valence-corrected chi connectivity index (χ0v) is 8.55. The third kappa shape index (κ3) is 1.17. The Kier molecular flexibility index (Phi) is 1.72. The van der Waals surface area contributed by atoms with Gasteiger partial charge in [-0.25, -0.2) is 9.98 Å². The summed E-state index contributed by atoms with van der Waals surface area (Å²) in [5, 5.41) is 0. The summed E-state index contributed by atoms with van der Waals surface area (Å²) in [5.74, 6) is 1.37. The highest BCUT2D eigenvalue weighted by atomic mass is 14.9. The maximum absolute atomic E-state index is 4.47. The monoisotopic (exact) mass is 174 g/mol. The van der Waals surface area contributed by atoms with Crippen LogP contribution in [0.2, 0.25) is 0 Å². The average Bonchev–Trinajstić information content (AvgIpc) is 2.32. The number of pyridine rings is 1. The summed E-state index contributed by atoms with van der Waals surface area (Å²) in [5.41, 5.74) is 4.80. The SMILES string of the molecule is CC1=Nc2nc(C)c(C)cc2C1C. The van der Waals surface area contributed by atoms with Crippen molar-refractivity contribution in [3.63, 3.8) is 0 Å². The lowest BCUT2D eigenvalue weighted by molar-refractivity contribution is 1.02. The fraction of sp³-hybridized carbons (Fsp3) is 0.455. The van der Waals surface area contributed by atoms with Gasteiger partial charge in [0, 0.05) is 22.9 Å². The molecule has 0 spiro atoms. The van der Waals surface area contributed by atoms with Crippen molar-refractivity contribution >= 4 is 11.5 Å². The fourth-order valence-electron chi connectivity index (χ4n) is 1.61. The second-order valence-corrected chi connectivity index (χ2v) is 3.78. The maximum atomic E-state index is 4.47. The van der Waals surface area contributed by atoms with E-state index in [2.05, 4.69) is 36.8 Å². The molecule has 2 nitrogen and oxygen atoms in total. The molecule has 2 rings (SSSR count). The van der Waals surface area contributed by atoms with E-state index in [1.807, 2.05) is 6.92 Å². The molecule has 0 saturated carbocycles. The van der Waals surface area contributed by atoms with Gasteiger partial charge in [-0.3, -0.25) is 0 Å². The largest absolute Gasteiger partial charge is 0.238 e. The van der Waals surface area contributed by atoms with E-state index in [1.54, 1.807) is 0 Å². The Morgan fingerprint density at radius 3 is 2.62 bits per heavy atom. The van der Waals surface area contributed by atoms with E-state index in [0.717, 1.165) is 11.5 Å². The molecule has 0 aliphatic carbocycles. The van der Waals surface area contributed by atoms with Gasteiger partial charge in [0.25, 0.3) is 0 Å². The molecule has 1 aromatic heterocycles. The normalized spacial score (nSPS) is 20.0. The summed E-state index contributed by atoms with van der Waals surface area (Å²) >= 11 is 0. The molecule has 2 heteroatoms. The van der Waals surface area contributed by atoms with Crippen molar-refractivity contribution < 1.29 is 0 Å². The van der Waals surface area contributed by atoms with Gasteiger partial charge in [-0.1, -0.05) is 6.92 Å². The molecule has 0 fully saturated rings. The summed E-state index contributed by atoms with van der Waals surface area (Å²) in [4.78, 5) is 8.91. The second kappa shape index (κ2) is 2.66. The van der Waals surface area contributed by atoms with E-state index >= 15 is 0 Å². The Hall–Kier alpha value is -1.18. The number of hydrogen-bond acceptors (Lipinski definition) is 2. The summed E-state index contributed by atoms with van der Waals surface area (Å²) in [6.07, 6.45) is 0. The van der Waals surface area contributed by atoms with E-state index < -0.39 is 0 Å². The summed E-state index contributed by atoms with van der Waals surface area (Å²) in [6, 6.07) is 2.21. The van der Waals surface area contributed by atoms with Gasteiger partial charge < -0.3 is 0 Å². The lowest BCUT2D eigenvalue weighted by Crippen LogP contribution is -1.99. The van der Waals surface area contributed by atoms with Crippen LogP contribution in [0.25, 0.3) is 0 Å². The predicted molar refractivity (Wildman–Crippen MR) is 54.9 cm³/mol. The van der Waals surface area contributed by atoms with Crippen LogP contribution in [0.4, 0.5) is 5.82 Å². The van der Waals surface area contributed by atoms with Crippen LogP contribution in [0.3, 0.4) is 0 Å². The van der Waals surface area contributed by atoms with Crippen molar-refractivity contribution in [1.82, 2.24) is 4.98 Å². The van der Waals surface area contributed by atoms with Crippen molar-refractivity contribution in [1.29, 1.82) is 0 Å². The van der Waals surface area contributed by atoms with Crippen LogP contribution in [0.5, 0.6) is 0 Å². The number of aromatic nitrogens is 1. The van der Waals surface area contributed by atoms with Crippen LogP contribution in [0, 0.1) is 13.8 Å². The van der Waals surface area contributed by atoms with E-state index in [1.165, 1.54) is 16.8 Å². The highest BCUT2D eigenvalue weighted by Gasteiger charge is 2.21. The van der Waals surface area contributed by atoms with Crippen molar-refractivity contribution in [2.24, 2.45) is 4.99 Å². The van der Waals surface area contributed by atoms with Crippen molar-refractivity contribution in [2.45, 2.75) is 33.6 Å². The van der Waals surface area contributed by atoms with Gasteiger partial charge >= 0.3 is 0 Å². The first kappa shape index (κ1) is 8.42. The number of aryl methyl sites for hydroxylation is 2. The molecule has 0 N–H and O–H groups in total. The van der Waals surface area contributed by atoms with E-state index in [-0.39, 0.29) is 0 Å². The van der Waals surface area contributed by atoms with Gasteiger partial charge in [0.05, 0.1) is 0 Å². The lowest BCUT2D eigenvalue weighted by Gasteiger charge is -2.06. The molecule has 0 radical (unpaired) electrons. The summed E-state index contributed by atoms with van der Waals surface area (Å²) < 4.78 is 0. The third-order valence-electron chi connectivity index (χ3n) is 2.85. The Morgan fingerprint density at radius 2 is 1.92 bits per heavy atom. The molecule has 0 saturated heterocycles. The molecule has 1 aromatic rings. The number of rotatable bonds is 0. The van der Waals surface area contributed by atoms with E-state index in [0.29, 0.717) is 5.92 Å². The van der Waals surface area contributed by atoms with E-state index in [4.69, 9.17) is 0 Å². The predicted octanol–water partition coefficient (Wildman–Crippen LogP) is 2.91. The van der Waals surface area contributed by atoms with Crippen molar-refractivity contribution in [2.75, 3.05) is 0 Å². The first-order chi connectivity index (χ1) is 6.09. The minimum Gasteiger partial charge on any atom is -0.238 e. The second-order valence-electron chi connectivity index (χ2n) is 3.78. The Morgan fingerprint density at radius 1 is 1.23 bits per heavy atom. The van der Waals surface area contributed by atoms with Crippen LogP contribution in [0.15, 0.2) is 11.1 Å². The number of fused-ring (bicyclic) bond motifs is 1. The molecular weight excluding hydrogens is 160 g/mol. The van der Waals surface area contributed by atoms with Gasteiger partial charge in [0.2, 0.25) is 0 Å². The quantitative estimate of drug-likeness (QED) is 0.593. The molecular formula is C11H14N2. The summed E-state index contributed by atoms with van der Waals surface area (Å²) in [6.45, 7) is 8.38. The molecule has 68 valence electrons. The molecule has 0 aromatic carbocycles. The highest BCUT2D eigenvalue weighted by molar-refractivity contribution is 5.95. The molecule has 1 aliphatic heterocycles. The minimum absolute atomic E-state index is 0.446. The number of nitrogens with zero attached hydrogens (tertiary/aromatic N) is 2. The Labute approximate surface area is 78.7 Å². The van der Waals surface area contributed by atoms with Gasteiger partial charge in [0.15, 0.2) is 5.82 Å². The fourth-order valence-corrected chi connectivity index (χ4v) is 1.61. The first-order valence-corrected chi connectivity index (χ1v) is 4.63. The third-order valence-corrected chi connectivity index (χ3v) is 2.85. The van der Waals surface area contributed by atoms with Crippen LogP contribution in [0.1, 0.15) is 36.6 Å². The zero-order valence-electron chi connectivity index (χ0n) is 8.55. The van der Waals surface area contributed by atoms with Gasteiger partial charge in [0.1, 0.15) is 0 Å². The molecule has 1 unspecified atom stereocenters. The molecule has 13 heavy (non-hydrogen) atoms. The minimum atomic E-state index is 0.446. The van der Waals surface area contributed by atoms with Crippen LogP contribution in [-0.4, -0.2) is 10.7 Å². The van der Waals surface area contributed by atoms with Gasteiger partial charge in [-0.15, -0.1) is 0 Å². The smallest absolute Gasteiger partial charge is 0.155 e. The van der Waals surface area contributed by atoms with Crippen molar-refractivity contribution in [3.05, 3.63) is 22.9 Å². The zero-order chi connectivity index (χ0) is 9.59. The number of hydrogen-bond donors (Lipinski definition) is 0. The molecule has 0 bridgehead atoms. The number of aliphatic imine (C=N–C) groups is 1. The topological polar surface area (TPSA) is 25.2 Å². The first-order valence-electron chi connectivity index (χ1n) is 4.63. The van der Waals surface area contributed by atoms with E-state index in [9.17, 15) is 0 Å². The Balaban J connectivity index is 2.61. The average molecular weight is 174 g/mol. The molecule has 1 aliphatic rings. The van der Waals surface area contributed by atoms with Gasteiger partial charge in [-0.05, 0) is 32.4 Å². The highest BCUT2D eigenvalue weighted by Crippen LogP contribution is 2.34. The van der Waals surface area contributed by atoms with Crippen LogP contribution < -0.4 is 0 Å². The standard InChI is InChI=1S/C11H14N2/c1-6-5-10-7(2)9(4)13-11(10)12-8(6)3/h5,7H,1-4H3.